The molecule has 0 aromatic carbocycles. The molecule has 1 aromatic rings. The molecule has 0 spiro atoms. The normalized spacial score (nSPS) is 15.0. The third-order valence-corrected chi connectivity index (χ3v) is 5.47. The first-order valence-electron chi connectivity index (χ1n) is 8.30. The van der Waals surface area contributed by atoms with Crippen LogP contribution in [-0.4, -0.2) is 45.7 Å². The molecule has 8 nitrogen and oxygen atoms in total. The molecular weight excluding hydrogens is 342 g/mol. The molecule has 1 aliphatic heterocycles. The van der Waals surface area contributed by atoms with E-state index in [1.165, 1.54) is 0 Å². The maximum atomic E-state index is 11.5. The summed E-state index contributed by atoms with van der Waals surface area (Å²) in [5.74, 6) is 0.375. The summed E-state index contributed by atoms with van der Waals surface area (Å²) < 4.78 is 28.7. The van der Waals surface area contributed by atoms with Gasteiger partial charge in [-0.05, 0) is 31.7 Å². The van der Waals surface area contributed by atoms with E-state index >= 15 is 0 Å². The molecule has 1 aliphatic rings. The number of rotatable bonds is 7. The van der Waals surface area contributed by atoms with Crippen LogP contribution in [0.5, 0.6) is 0 Å². The Morgan fingerprint density at radius 1 is 1.24 bits per heavy atom. The van der Waals surface area contributed by atoms with Crippen LogP contribution in [0.1, 0.15) is 32.0 Å². The zero-order valence-corrected chi connectivity index (χ0v) is 16.5. The van der Waals surface area contributed by atoms with Crippen LogP contribution in [0.15, 0.2) is 0 Å². The van der Waals surface area contributed by atoms with Gasteiger partial charge in [-0.3, -0.25) is 0 Å². The van der Waals surface area contributed by atoms with Gasteiger partial charge in [0.25, 0.3) is 0 Å². The van der Waals surface area contributed by atoms with Gasteiger partial charge in [-0.2, -0.15) is 0 Å². The van der Waals surface area contributed by atoms with Gasteiger partial charge in [-0.15, -0.1) is 0 Å². The van der Waals surface area contributed by atoms with Crippen molar-refractivity contribution in [2.75, 3.05) is 47.8 Å². The number of nitrogens with two attached hydrogens (primary N) is 2. The molecule has 0 bridgehead atoms. The lowest BCUT2D eigenvalue weighted by molar-refractivity contribution is 0.148. The van der Waals surface area contributed by atoms with Crippen LogP contribution in [0.25, 0.3) is 0 Å². The summed E-state index contributed by atoms with van der Waals surface area (Å²) in [6, 6.07) is 0. The number of anilines is 3. The Bertz CT molecular complexity index is 749. The van der Waals surface area contributed by atoms with Gasteiger partial charge in [0, 0.05) is 18.8 Å². The van der Waals surface area contributed by atoms with Crippen LogP contribution in [0.2, 0.25) is 0 Å². The molecule has 0 aliphatic carbocycles. The van der Waals surface area contributed by atoms with Crippen LogP contribution in [0.4, 0.5) is 17.2 Å². The third kappa shape index (κ3) is 4.53. The number of ether oxygens (including phenoxy) is 1. The predicted octanol–water partition coefficient (Wildman–Crippen LogP) is 1.17. The Balaban J connectivity index is 2.39. The lowest BCUT2D eigenvalue weighted by Crippen LogP contribution is -2.42. The van der Waals surface area contributed by atoms with Crippen LogP contribution < -0.4 is 20.7 Å². The fourth-order valence-electron chi connectivity index (χ4n) is 3.38. The summed E-state index contributed by atoms with van der Waals surface area (Å²) in [4.78, 5) is 8.60. The number of nitrogen functional groups attached to an aromatic ring is 1. The molecule has 2 heterocycles. The number of hydrogen-bond donors (Lipinski definition) is 2. The Kier molecular flexibility index (Phi) is 5.50. The molecule has 0 amide bonds. The van der Waals surface area contributed by atoms with Crippen molar-refractivity contribution in [1.82, 2.24) is 4.98 Å². The largest absolute Gasteiger partial charge is 0.382 e. The van der Waals surface area contributed by atoms with Crippen molar-refractivity contribution in [2.45, 2.75) is 34.6 Å². The highest BCUT2D eigenvalue weighted by atomic mass is 32.2. The predicted molar refractivity (Wildman–Crippen MR) is 101 cm³/mol. The molecule has 4 N–H and O–H groups in total. The van der Waals surface area contributed by atoms with Gasteiger partial charge >= 0.3 is 0 Å². The van der Waals surface area contributed by atoms with Gasteiger partial charge in [-0.25, -0.2) is 18.5 Å². The minimum absolute atomic E-state index is 0.0874. The topological polar surface area (TPSA) is 115 Å². The molecular formula is C16H29N5O3S. The molecule has 142 valence electrons. The number of hydrogen-bond acceptors (Lipinski definition) is 7. The maximum absolute atomic E-state index is 11.5. The minimum atomic E-state index is -3.56. The van der Waals surface area contributed by atoms with Gasteiger partial charge < -0.3 is 20.3 Å². The summed E-state index contributed by atoms with van der Waals surface area (Å²) in [6.07, 6.45) is 0. The average Bonchev–Trinajstić information content (AvgIpc) is 2.78. The SMILES string of the molecule is CCOCN1CN(CC(C)(C)CS(N)(=O)=O)c2c(C)c(C)nc(N)c21. The maximum Gasteiger partial charge on any atom is 0.209 e. The van der Waals surface area contributed by atoms with Crippen molar-refractivity contribution in [3.63, 3.8) is 0 Å². The summed E-state index contributed by atoms with van der Waals surface area (Å²) in [6.45, 7) is 11.8. The zero-order valence-electron chi connectivity index (χ0n) is 15.7. The van der Waals surface area contributed by atoms with E-state index in [9.17, 15) is 8.42 Å². The second-order valence-corrected chi connectivity index (χ2v) is 8.99. The number of aromatic nitrogens is 1. The fraction of sp³-hybridized carbons (Fsp3) is 0.688. The minimum Gasteiger partial charge on any atom is -0.382 e. The first-order chi connectivity index (χ1) is 11.4. The molecule has 1 aromatic heterocycles. The van der Waals surface area contributed by atoms with Crippen molar-refractivity contribution in [3.05, 3.63) is 11.3 Å². The molecule has 2 rings (SSSR count). The van der Waals surface area contributed by atoms with Gasteiger partial charge in [0.05, 0.1) is 18.1 Å². The second kappa shape index (κ2) is 6.97. The first kappa shape index (κ1) is 19.7. The quantitative estimate of drug-likeness (QED) is 0.739. The Labute approximate surface area is 150 Å². The van der Waals surface area contributed by atoms with Crippen molar-refractivity contribution in [2.24, 2.45) is 10.6 Å². The Morgan fingerprint density at radius 2 is 1.88 bits per heavy atom. The fourth-order valence-corrected chi connectivity index (χ4v) is 4.56. The standard InChI is InChI=1S/C16H29N5O3S/c1-6-24-10-21-9-20(7-16(4,5)8-25(18,22)23)13-11(2)12(3)19-15(17)14(13)21/h6-10H2,1-5H3,(H2,17,19)(H2,18,22,23). The molecule has 9 heteroatoms. The third-order valence-electron chi connectivity index (χ3n) is 4.29. The smallest absolute Gasteiger partial charge is 0.209 e. The molecule has 0 unspecified atom stereocenters. The van der Waals surface area contributed by atoms with Crippen LogP contribution in [0.3, 0.4) is 0 Å². The molecule has 25 heavy (non-hydrogen) atoms. The van der Waals surface area contributed by atoms with Gasteiger partial charge in [0.15, 0.2) is 0 Å². The Morgan fingerprint density at radius 3 is 2.44 bits per heavy atom. The van der Waals surface area contributed by atoms with E-state index in [1.54, 1.807) is 0 Å². The van der Waals surface area contributed by atoms with Crippen molar-refractivity contribution in [1.29, 1.82) is 0 Å². The van der Waals surface area contributed by atoms with Crippen molar-refractivity contribution >= 4 is 27.2 Å². The summed E-state index contributed by atoms with van der Waals surface area (Å²) in [5, 5.41) is 5.25. The van der Waals surface area contributed by atoms with E-state index in [2.05, 4.69) is 9.88 Å². The monoisotopic (exact) mass is 371 g/mol. The van der Waals surface area contributed by atoms with Crippen molar-refractivity contribution < 1.29 is 13.2 Å². The lowest BCUT2D eigenvalue weighted by atomic mass is 9.95. The van der Waals surface area contributed by atoms with E-state index in [1.807, 2.05) is 39.5 Å². The lowest BCUT2D eigenvalue weighted by Gasteiger charge is -2.31. The first-order valence-corrected chi connectivity index (χ1v) is 10.0. The number of pyridine rings is 1. The van der Waals surface area contributed by atoms with Crippen LogP contribution in [-0.2, 0) is 14.8 Å². The molecule has 0 saturated carbocycles. The van der Waals surface area contributed by atoms with E-state index in [4.69, 9.17) is 15.6 Å². The zero-order chi connectivity index (χ0) is 19.0. The summed E-state index contributed by atoms with van der Waals surface area (Å²) in [5.41, 5.74) is 9.42. The molecule has 0 atom stereocenters. The molecule has 0 fully saturated rings. The summed E-state index contributed by atoms with van der Waals surface area (Å²) >= 11 is 0. The van der Waals surface area contributed by atoms with Crippen LogP contribution in [0, 0.1) is 19.3 Å². The highest BCUT2D eigenvalue weighted by Gasteiger charge is 2.35. The molecule has 0 radical (unpaired) electrons. The van der Waals surface area contributed by atoms with E-state index in [0.717, 1.165) is 22.6 Å². The number of nitrogens with zero attached hydrogens (tertiary/aromatic N) is 3. The van der Waals surface area contributed by atoms with Crippen molar-refractivity contribution in [3.8, 4) is 0 Å². The number of fused-ring (bicyclic) bond motifs is 1. The Hall–Kier alpha value is -1.58. The highest BCUT2D eigenvalue weighted by molar-refractivity contribution is 7.89. The molecule has 0 saturated heterocycles. The van der Waals surface area contributed by atoms with E-state index in [0.29, 0.717) is 32.4 Å². The number of aryl methyl sites for hydroxylation is 1. The second-order valence-electron chi connectivity index (χ2n) is 7.38. The highest BCUT2D eigenvalue weighted by Crippen LogP contribution is 2.44. The van der Waals surface area contributed by atoms with E-state index < -0.39 is 15.4 Å². The number of primary sulfonamides is 1. The van der Waals surface area contributed by atoms with Gasteiger partial charge in [-0.1, -0.05) is 13.8 Å². The van der Waals surface area contributed by atoms with Gasteiger partial charge in [0.2, 0.25) is 10.0 Å². The average molecular weight is 372 g/mol. The summed E-state index contributed by atoms with van der Waals surface area (Å²) in [7, 11) is -3.56. The van der Waals surface area contributed by atoms with Crippen LogP contribution >= 0.6 is 0 Å². The van der Waals surface area contributed by atoms with E-state index in [-0.39, 0.29) is 5.75 Å². The number of sulfonamides is 1. The van der Waals surface area contributed by atoms with Gasteiger partial charge in [0.1, 0.15) is 18.2 Å².